The Labute approximate surface area is 179 Å². The van der Waals surface area contributed by atoms with Crippen molar-refractivity contribution >= 4 is 35.0 Å². The summed E-state index contributed by atoms with van der Waals surface area (Å²) in [4.78, 5) is 32.4. The number of rotatable bonds is 7. The molecule has 0 saturated heterocycles. The maximum absolute atomic E-state index is 12.3. The van der Waals surface area contributed by atoms with Gasteiger partial charge in [-0.25, -0.2) is 9.97 Å². The molecule has 30 heavy (non-hydrogen) atoms. The number of thioether (sulfide) groups is 1. The van der Waals surface area contributed by atoms with Crippen LogP contribution in [0.2, 0.25) is 0 Å². The molecular formula is C22H22N4O3S. The first-order valence-electron chi connectivity index (χ1n) is 9.23. The second kappa shape index (κ2) is 9.89. The Morgan fingerprint density at radius 3 is 2.20 bits per heavy atom. The van der Waals surface area contributed by atoms with Crippen molar-refractivity contribution in [3.8, 4) is 17.1 Å². The summed E-state index contributed by atoms with van der Waals surface area (Å²) in [6.45, 7) is 3.34. The minimum absolute atomic E-state index is 0.141. The van der Waals surface area contributed by atoms with E-state index in [0.29, 0.717) is 17.2 Å². The normalized spacial score (nSPS) is 10.4. The van der Waals surface area contributed by atoms with Crippen LogP contribution in [0.4, 0.5) is 11.4 Å². The Balaban J connectivity index is 1.61. The van der Waals surface area contributed by atoms with Crippen molar-refractivity contribution in [2.75, 3.05) is 23.5 Å². The second-order valence-corrected chi connectivity index (χ2v) is 7.49. The van der Waals surface area contributed by atoms with Crippen molar-refractivity contribution in [3.63, 3.8) is 0 Å². The molecule has 0 aliphatic heterocycles. The van der Waals surface area contributed by atoms with Gasteiger partial charge in [0.05, 0.1) is 12.9 Å². The highest BCUT2D eigenvalue weighted by atomic mass is 32.2. The van der Waals surface area contributed by atoms with Crippen molar-refractivity contribution in [2.24, 2.45) is 0 Å². The molecule has 0 radical (unpaired) electrons. The van der Waals surface area contributed by atoms with Crippen molar-refractivity contribution < 1.29 is 14.3 Å². The first-order valence-corrected chi connectivity index (χ1v) is 10.2. The second-order valence-electron chi connectivity index (χ2n) is 6.50. The van der Waals surface area contributed by atoms with Gasteiger partial charge >= 0.3 is 0 Å². The largest absolute Gasteiger partial charge is 0.497 e. The third kappa shape index (κ3) is 6.05. The predicted molar refractivity (Wildman–Crippen MR) is 119 cm³/mol. The number of nitrogens with one attached hydrogen (secondary N) is 2. The Kier molecular flexibility index (Phi) is 7.03. The van der Waals surface area contributed by atoms with Crippen LogP contribution in [0, 0.1) is 6.92 Å². The number of aromatic nitrogens is 2. The molecule has 1 heterocycles. The molecule has 0 spiro atoms. The lowest BCUT2D eigenvalue weighted by Gasteiger charge is -2.08. The highest BCUT2D eigenvalue weighted by molar-refractivity contribution is 7.99. The Morgan fingerprint density at radius 2 is 1.60 bits per heavy atom. The molecule has 0 saturated carbocycles. The number of amides is 2. The molecule has 8 heteroatoms. The number of benzene rings is 2. The zero-order chi connectivity index (χ0) is 21.5. The standard InChI is InChI=1S/C22H22N4O3S/c1-14-12-21(26-22(23-14)16-4-10-19(29-3)11-5-16)30-13-20(28)25-18-8-6-17(7-9-18)24-15(2)27/h4-12H,13H2,1-3H3,(H,24,27)(H,25,28). The molecule has 0 aliphatic rings. The number of carbonyl (C=O) groups excluding carboxylic acids is 2. The predicted octanol–water partition coefficient (Wildman–Crippen LogP) is 4.15. The summed E-state index contributed by atoms with van der Waals surface area (Å²) in [5.41, 5.74) is 3.04. The average molecular weight is 423 g/mol. The lowest BCUT2D eigenvalue weighted by atomic mass is 10.2. The summed E-state index contributed by atoms with van der Waals surface area (Å²) in [6.07, 6.45) is 0. The van der Waals surface area contributed by atoms with Crippen molar-refractivity contribution in [1.29, 1.82) is 0 Å². The smallest absolute Gasteiger partial charge is 0.234 e. The van der Waals surface area contributed by atoms with E-state index < -0.39 is 0 Å². The van der Waals surface area contributed by atoms with Crippen molar-refractivity contribution in [2.45, 2.75) is 18.9 Å². The number of anilines is 2. The first-order chi connectivity index (χ1) is 14.4. The number of hydrogen-bond acceptors (Lipinski definition) is 6. The number of ether oxygens (including phenoxy) is 1. The van der Waals surface area contributed by atoms with E-state index in [9.17, 15) is 9.59 Å². The monoisotopic (exact) mass is 422 g/mol. The molecule has 0 aliphatic carbocycles. The van der Waals surface area contributed by atoms with Crippen LogP contribution < -0.4 is 15.4 Å². The third-order valence-electron chi connectivity index (χ3n) is 4.02. The third-order valence-corrected chi connectivity index (χ3v) is 4.93. The number of hydrogen-bond donors (Lipinski definition) is 2. The van der Waals surface area contributed by atoms with Crippen LogP contribution in [-0.4, -0.2) is 34.6 Å². The molecular weight excluding hydrogens is 400 g/mol. The fourth-order valence-electron chi connectivity index (χ4n) is 2.66. The van der Waals surface area contributed by atoms with Crippen molar-refractivity contribution in [1.82, 2.24) is 9.97 Å². The summed E-state index contributed by atoms with van der Waals surface area (Å²) < 4.78 is 5.18. The minimum Gasteiger partial charge on any atom is -0.497 e. The topological polar surface area (TPSA) is 93.2 Å². The zero-order valence-electron chi connectivity index (χ0n) is 16.9. The van der Waals surface area contributed by atoms with Crippen LogP contribution in [0.3, 0.4) is 0 Å². The van der Waals surface area contributed by atoms with Gasteiger partial charge < -0.3 is 15.4 Å². The van der Waals surface area contributed by atoms with E-state index in [4.69, 9.17) is 4.74 Å². The highest BCUT2D eigenvalue weighted by Gasteiger charge is 2.09. The molecule has 2 amide bonds. The molecule has 3 aromatic rings. The van der Waals surface area contributed by atoms with Crippen LogP contribution in [0.25, 0.3) is 11.4 Å². The lowest BCUT2D eigenvalue weighted by Crippen LogP contribution is -2.14. The van der Waals surface area contributed by atoms with E-state index in [-0.39, 0.29) is 17.6 Å². The van der Waals surface area contributed by atoms with E-state index in [0.717, 1.165) is 22.0 Å². The van der Waals surface area contributed by atoms with Gasteiger partial charge in [0.25, 0.3) is 0 Å². The molecule has 0 unspecified atom stereocenters. The first kappa shape index (κ1) is 21.3. The molecule has 0 fully saturated rings. The van der Waals surface area contributed by atoms with Crippen LogP contribution in [0.1, 0.15) is 12.6 Å². The van der Waals surface area contributed by atoms with Gasteiger partial charge in [-0.2, -0.15) is 0 Å². The number of aryl methyl sites for hydroxylation is 1. The van der Waals surface area contributed by atoms with E-state index in [2.05, 4.69) is 20.6 Å². The van der Waals surface area contributed by atoms with E-state index in [1.54, 1.807) is 31.4 Å². The number of methoxy groups -OCH3 is 1. The lowest BCUT2D eigenvalue weighted by molar-refractivity contribution is -0.114. The molecule has 154 valence electrons. The SMILES string of the molecule is COc1ccc(-c2nc(C)cc(SCC(=O)Nc3ccc(NC(C)=O)cc3)n2)cc1. The van der Waals surface area contributed by atoms with Gasteiger partial charge in [-0.15, -0.1) is 0 Å². The van der Waals surface area contributed by atoms with E-state index in [1.165, 1.54) is 18.7 Å². The van der Waals surface area contributed by atoms with Gasteiger partial charge in [0.1, 0.15) is 10.8 Å². The van der Waals surface area contributed by atoms with Crippen LogP contribution in [0.5, 0.6) is 5.75 Å². The van der Waals surface area contributed by atoms with Crippen LogP contribution in [0.15, 0.2) is 59.6 Å². The Hall–Kier alpha value is -3.39. The zero-order valence-corrected chi connectivity index (χ0v) is 17.7. The number of nitrogens with zero attached hydrogens (tertiary/aromatic N) is 2. The molecule has 7 nitrogen and oxygen atoms in total. The molecule has 0 bridgehead atoms. The van der Waals surface area contributed by atoms with Crippen molar-refractivity contribution in [3.05, 3.63) is 60.3 Å². The molecule has 2 aromatic carbocycles. The van der Waals surface area contributed by atoms with Gasteiger partial charge in [0.2, 0.25) is 11.8 Å². The number of carbonyl (C=O) groups is 2. The molecule has 1 aromatic heterocycles. The summed E-state index contributed by atoms with van der Waals surface area (Å²) >= 11 is 1.35. The van der Waals surface area contributed by atoms with Gasteiger partial charge in [0.15, 0.2) is 5.82 Å². The summed E-state index contributed by atoms with van der Waals surface area (Å²) in [5, 5.41) is 6.25. The van der Waals surface area contributed by atoms with Crippen LogP contribution in [-0.2, 0) is 9.59 Å². The van der Waals surface area contributed by atoms with Gasteiger partial charge in [-0.05, 0) is 61.5 Å². The van der Waals surface area contributed by atoms with Crippen LogP contribution >= 0.6 is 11.8 Å². The van der Waals surface area contributed by atoms with Gasteiger partial charge in [-0.3, -0.25) is 9.59 Å². The van der Waals surface area contributed by atoms with Gasteiger partial charge in [0, 0.05) is 29.6 Å². The summed E-state index contributed by atoms with van der Waals surface area (Å²) in [7, 11) is 1.62. The quantitative estimate of drug-likeness (QED) is 0.439. The molecule has 2 N–H and O–H groups in total. The van der Waals surface area contributed by atoms with E-state index in [1.807, 2.05) is 37.3 Å². The highest BCUT2D eigenvalue weighted by Crippen LogP contribution is 2.24. The fourth-order valence-corrected chi connectivity index (χ4v) is 3.42. The fraction of sp³-hybridized carbons (Fsp3) is 0.182. The summed E-state index contributed by atoms with van der Waals surface area (Å²) in [5.74, 6) is 1.30. The Morgan fingerprint density at radius 1 is 0.967 bits per heavy atom. The average Bonchev–Trinajstić information content (AvgIpc) is 2.73. The Bertz CT molecular complexity index is 1040. The maximum Gasteiger partial charge on any atom is 0.234 e. The maximum atomic E-state index is 12.3. The van der Waals surface area contributed by atoms with Gasteiger partial charge in [-0.1, -0.05) is 11.8 Å². The minimum atomic E-state index is -0.144. The summed E-state index contributed by atoms with van der Waals surface area (Å²) in [6, 6.07) is 16.3. The molecule has 0 atom stereocenters. The van der Waals surface area contributed by atoms with E-state index >= 15 is 0 Å². The molecule has 3 rings (SSSR count).